The highest BCUT2D eigenvalue weighted by molar-refractivity contribution is 5.95. The third-order valence-electron chi connectivity index (χ3n) is 4.00. The molecule has 1 aliphatic rings. The Kier molecular flexibility index (Phi) is 4.27. The fourth-order valence-corrected chi connectivity index (χ4v) is 2.68. The van der Waals surface area contributed by atoms with Crippen LogP contribution in [0.3, 0.4) is 0 Å². The summed E-state index contributed by atoms with van der Waals surface area (Å²) in [4.78, 5) is 12.3. The Morgan fingerprint density at radius 1 is 1.22 bits per heavy atom. The van der Waals surface area contributed by atoms with Crippen LogP contribution in [0.15, 0.2) is 42.5 Å². The van der Waals surface area contributed by atoms with Crippen molar-refractivity contribution < 1.29 is 14.3 Å². The van der Waals surface area contributed by atoms with Crippen molar-refractivity contribution >= 4 is 11.6 Å². The number of halogens is 1. The summed E-state index contributed by atoms with van der Waals surface area (Å²) in [7, 11) is 0. The van der Waals surface area contributed by atoms with Crippen LogP contribution in [0.1, 0.15) is 23.6 Å². The first-order chi connectivity index (χ1) is 11.1. The second kappa shape index (κ2) is 6.36. The molecule has 1 amide bonds. The van der Waals surface area contributed by atoms with Crippen molar-refractivity contribution in [3.8, 4) is 5.75 Å². The number of aryl methyl sites for hydroxylation is 1. The van der Waals surface area contributed by atoms with Gasteiger partial charge in [-0.25, -0.2) is 15.2 Å². The Hall–Kier alpha value is -2.44. The number of nitrogens with one attached hydrogen (secondary N) is 3. The number of hydrazine groups is 1. The summed E-state index contributed by atoms with van der Waals surface area (Å²) in [5, 5.41) is 12.7. The summed E-state index contributed by atoms with van der Waals surface area (Å²) < 4.78 is 13.6. The molecule has 6 heteroatoms. The van der Waals surface area contributed by atoms with Crippen molar-refractivity contribution in [3.05, 3.63) is 59.4 Å². The molecule has 2 aromatic carbocycles. The molecule has 4 N–H and O–H groups in total. The number of amides is 1. The Labute approximate surface area is 133 Å². The molecule has 0 spiro atoms. The van der Waals surface area contributed by atoms with Gasteiger partial charge in [0.2, 0.25) is 5.91 Å². The highest BCUT2D eigenvalue weighted by atomic mass is 19.1. The van der Waals surface area contributed by atoms with Crippen LogP contribution in [0.4, 0.5) is 10.1 Å². The van der Waals surface area contributed by atoms with E-state index in [1.54, 1.807) is 12.1 Å². The average molecular weight is 315 g/mol. The molecule has 2 aromatic rings. The highest BCUT2D eigenvalue weighted by Crippen LogP contribution is 2.31. The number of aromatic hydroxyl groups is 1. The summed E-state index contributed by atoms with van der Waals surface area (Å²) in [5.74, 6) is -0.570. The number of para-hydroxylation sites is 2. The normalized spacial score (nSPS) is 20.4. The van der Waals surface area contributed by atoms with Crippen molar-refractivity contribution in [2.24, 2.45) is 0 Å². The van der Waals surface area contributed by atoms with Gasteiger partial charge in [-0.2, -0.15) is 0 Å². The molecule has 2 unspecified atom stereocenters. The molecule has 0 saturated carbocycles. The second-order valence-electron chi connectivity index (χ2n) is 5.61. The van der Waals surface area contributed by atoms with E-state index in [9.17, 15) is 14.3 Å². The molecule has 0 aromatic heterocycles. The molecule has 5 nitrogen and oxygen atoms in total. The first kappa shape index (κ1) is 15.5. The standard InChI is InChI=1S/C17H18FN3O2/c1-10-5-4-6-11(16(10)22)14-9-15(21-20-14)17(23)19-13-8-3-2-7-12(13)18/h2-8,14-15,20-22H,9H2,1H3,(H,19,23). The van der Waals surface area contributed by atoms with E-state index in [0.717, 1.165) is 11.1 Å². The zero-order valence-electron chi connectivity index (χ0n) is 12.6. The minimum atomic E-state index is -0.514. The van der Waals surface area contributed by atoms with Gasteiger partial charge >= 0.3 is 0 Å². The number of anilines is 1. The Balaban J connectivity index is 1.69. The molecule has 1 heterocycles. The van der Waals surface area contributed by atoms with Crippen LogP contribution in [0.25, 0.3) is 0 Å². The number of benzene rings is 2. The topological polar surface area (TPSA) is 73.4 Å². The van der Waals surface area contributed by atoms with E-state index in [2.05, 4.69) is 16.2 Å². The van der Waals surface area contributed by atoms with E-state index in [-0.39, 0.29) is 23.4 Å². The van der Waals surface area contributed by atoms with Crippen LogP contribution in [0.2, 0.25) is 0 Å². The number of carbonyl (C=O) groups is 1. The Morgan fingerprint density at radius 3 is 2.78 bits per heavy atom. The lowest BCUT2D eigenvalue weighted by Crippen LogP contribution is -2.39. The van der Waals surface area contributed by atoms with Crippen molar-refractivity contribution in [1.29, 1.82) is 0 Å². The number of hydrogen-bond acceptors (Lipinski definition) is 4. The summed E-state index contributed by atoms with van der Waals surface area (Å²) in [5.41, 5.74) is 7.57. The van der Waals surface area contributed by atoms with Crippen molar-refractivity contribution in [2.75, 3.05) is 5.32 Å². The lowest BCUT2D eigenvalue weighted by Gasteiger charge is -2.13. The molecule has 120 valence electrons. The molecular formula is C17H18FN3O2. The first-order valence-corrected chi connectivity index (χ1v) is 7.41. The Morgan fingerprint density at radius 2 is 2.00 bits per heavy atom. The lowest BCUT2D eigenvalue weighted by atomic mass is 9.99. The molecule has 1 fully saturated rings. The van der Waals surface area contributed by atoms with Gasteiger partial charge in [0, 0.05) is 5.56 Å². The van der Waals surface area contributed by atoms with E-state index in [0.29, 0.717) is 6.42 Å². The molecular weight excluding hydrogens is 297 g/mol. The smallest absolute Gasteiger partial charge is 0.243 e. The van der Waals surface area contributed by atoms with Crippen molar-refractivity contribution in [2.45, 2.75) is 25.4 Å². The van der Waals surface area contributed by atoms with Gasteiger partial charge < -0.3 is 10.4 Å². The third kappa shape index (κ3) is 3.18. The van der Waals surface area contributed by atoms with Crippen molar-refractivity contribution in [1.82, 2.24) is 10.9 Å². The van der Waals surface area contributed by atoms with Crippen LogP contribution in [0.5, 0.6) is 5.75 Å². The van der Waals surface area contributed by atoms with E-state index in [4.69, 9.17) is 0 Å². The van der Waals surface area contributed by atoms with Crippen LogP contribution in [-0.2, 0) is 4.79 Å². The maximum atomic E-state index is 13.6. The molecule has 0 aliphatic carbocycles. The maximum absolute atomic E-state index is 13.6. The number of phenolic OH excluding ortho intramolecular Hbond substituents is 1. The molecule has 0 radical (unpaired) electrons. The van der Waals surface area contributed by atoms with E-state index in [1.807, 2.05) is 25.1 Å². The number of phenols is 1. The van der Waals surface area contributed by atoms with Crippen LogP contribution < -0.4 is 16.2 Å². The van der Waals surface area contributed by atoms with Gasteiger partial charge in [-0.05, 0) is 31.0 Å². The molecule has 3 rings (SSSR count). The van der Waals surface area contributed by atoms with Gasteiger partial charge in [0.05, 0.1) is 11.7 Å². The predicted molar refractivity (Wildman–Crippen MR) is 85.3 cm³/mol. The van der Waals surface area contributed by atoms with Gasteiger partial charge in [-0.15, -0.1) is 0 Å². The highest BCUT2D eigenvalue weighted by Gasteiger charge is 2.31. The third-order valence-corrected chi connectivity index (χ3v) is 4.00. The van der Waals surface area contributed by atoms with E-state index in [1.165, 1.54) is 12.1 Å². The number of carbonyl (C=O) groups excluding carboxylic acids is 1. The minimum absolute atomic E-state index is 0.154. The summed E-state index contributed by atoms with van der Waals surface area (Å²) in [6.45, 7) is 1.82. The average Bonchev–Trinajstić information content (AvgIpc) is 3.02. The fraction of sp³-hybridized carbons (Fsp3) is 0.235. The van der Waals surface area contributed by atoms with E-state index < -0.39 is 11.9 Å². The van der Waals surface area contributed by atoms with Gasteiger partial charge in [0.15, 0.2) is 0 Å². The zero-order valence-corrected chi connectivity index (χ0v) is 12.6. The van der Waals surface area contributed by atoms with E-state index >= 15 is 0 Å². The SMILES string of the molecule is Cc1cccc(C2CC(C(=O)Nc3ccccc3F)NN2)c1O. The largest absolute Gasteiger partial charge is 0.507 e. The zero-order chi connectivity index (χ0) is 16.4. The summed E-state index contributed by atoms with van der Waals surface area (Å²) >= 11 is 0. The molecule has 2 atom stereocenters. The fourth-order valence-electron chi connectivity index (χ4n) is 2.68. The van der Waals surface area contributed by atoms with Crippen LogP contribution in [-0.4, -0.2) is 17.1 Å². The summed E-state index contributed by atoms with van der Waals surface area (Å²) in [6.07, 6.45) is 0.456. The summed E-state index contributed by atoms with van der Waals surface area (Å²) in [6, 6.07) is 10.8. The van der Waals surface area contributed by atoms with Gasteiger partial charge in [0.1, 0.15) is 17.6 Å². The molecule has 1 aliphatic heterocycles. The molecule has 0 bridgehead atoms. The van der Waals surface area contributed by atoms with Gasteiger partial charge in [-0.1, -0.05) is 30.3 Å². The minimum Gasteiger partial charge on any atom is -0.507 e. The lowest BCUT2D eigenvalue weighted by molar-refractivity contribution is -0.117. The van der Waals surface area contributed by atoms with Gasteiger partial charge in [0.25, 0.3) is 0 Å². The maximum Gasteiger partial charge on any atom is 0.243 e. The van der Waals surface area contributed by atoms with Gasteiger partial charge in [-0.3, -0.25) is 4.79 Å². The number of rotatable bonds is 3. The van der Waals surface area contributed by atoms with Crippen LogP contribution >= 0.6 is 0 Å². The first-order valence-electron chi connectivity index (χ1n) is 7.41. The van der Waals surface area contributed by atoms with Crippen molar-refractivity contribution in [3.63, 3.8) is 0 Å². The monoisotopic (exact) mass is 315 g/mol. The number of hydrogen-bond donors (Lipinski definition) is 4. The molecule has 1 saturated heterocycles. The van der Waals surface area contributed by atoms with Crippen LogP contribution in [0, 0.1) is 12.7 Å². The predicted octanol–water partition coefficient (Wildman–Crippen LogP) is 2.39. The second-order valence-corrected chi connectivity index (χ2v) is 5.61. The molecule has 23 heavy (non-hydrogen) atoms. The quantitative estimate of drug-likeness (QED) is 0.702. The Bertz CT molecular complexity index is 736.